The minimum atomic E-state index is -3.53. The van der Waals surface area contributed by atoms with Crippen molar-refractivity contribution in [1.29, 1.82) is 0 Å². The van der Waals surface area contributed by atoms with Crippen LogP contribution in [0.4, 0.5) is 11.4 Å². The summed E-state index contributed by atoms with van der Waals surface area (Å²) in [5.74, 6) is -0.837. The number of rotatable bonds is 8. The number of sulfonamides is 1. The lowest BCUT2D eigenvalue weighted by atomic mass is 10.1. The monoisotopic (exact) mass is 466 g/mol. The molecule has 0 radical (unpaired) electrons. The molecule has 1 amide bonds. The third kappa shape index (κ3) is 6.20. The van der Waals surface area contributed by atoms with Crippen LogP contribution in [-0.4, -0.2) is 33.2 Å². The zero-order valence-electron chi connectivity index (χ0n) is 18.7. The summed E-state index contributed by atoms with van der Waals surface area (Å²) in [6, 6.07) is 20.6. The van der Waals surface area contributed by atoms with Gasteiger partial charge in [-0.2, -0.15) is 0 Å². The lowest BCUT2D eigenvalue weighted by molar-refractivity contribution is 0.0526. The van der Waals surface area contributed by atoms with E-state index >= 15 is 0 Å². The van der Waals surface area contributed by atoms with Gasteiger partial charge in [0.05, 0.1) is 30.7 Å². The molecule has 3 rings (SSSR count). The average Bonchev–Trinajstić information content (AvgIpc) is 2.79. The number of aryl methyl sites for hydroxylation is 1. The van der Waals surface area contributed by atoms with E-state index in [1.165, 1.54) is 4.31 Å². The molecule has 0 atom stereocenters. The van der Waals surface area contributed by atoms with Gasteiger partial charge in [0.25, 0.3) is 5.91 Å². The molecule has 0 bridgehead atoms. The molecule has 0 aliphatic carbocycles. The first-order valence-electron chi connectivity index (χ1n) is 10.4. The lowest BCUT2D eigenvalue weighted by Gasteiger charge is -2.22. The molecule has 0 saturated carbocycles. The highest BCUT2D eigenvalue weighted by atomic mass is 32.2. The van der Waals surface area contributed by atoms with Gasteiger partial charge in [0.15, 0.2) is 0 Å². The number of carbonyl (C=O) groups excluding carboxylic acids is 2. The predicted octanol–water partition coefficient (Wildman–Crippen LogP) is 4.39. The van der Waals surface area contributed by atoms with E-state index in [4.69, 9.17) is 4.74 Å². The van der Waals surface area contributed by atoms with Gasteiger partial charge in [-0.25, -0.2) is 13.2 Å². The van der Waals surface area contributed by atoms with E-state index in [1.54, 1.807) is 49.4 Å². The van der Waals surface area contributed by atoms with E-state index < -0.39 is 16.0 Å². The maximum Gasteiger partial charge on any atom is 0.338 e. The van der Waals surface area contributed by atoms with Crippen LogP contribution in [-0.2, 0) is 21.3 Å². The van der Waals surface area contributed by atoms with Gasteiger partial charge in [-0.05, 0) is 61.4 Å². The van der Waals surface area contributed by atoms with Crippen LogP contribution >= 0.6 is 0 Å². The summed E-state index contributed by atoms with van der Waals surface area (Å²) in [4.78, 5) is 24.8. The Balaban J connectivity index is 1.80. The molecule has 0 aliphatic heterocycles. The van der Waals surface area contributed by atoms with E-state index in [1.807, 2.05) is 37.3 Å². The Morgan fingerprint density at radius 1 is 0.939 bits per heavy atom. The molecule has 0 aliphatic rings. The van der Waals surface area contributed by atoms with Gasteiger partial charge in [-0.15, -0.1) is 0 Å². The number of ether oxygens (including phenoxy) is 1. The quantitative estimate of drug-likeness (QED) is 0.497. The molecule has 0 spiro atoms. The largest absolute Gasteiger partial charge is 0.462 e. The normalized spacial score (nSPS) is 11.0. The van der Waals surface area contributed by atoms with E-state index in [2.05, 4.69) is 5.32 Å². The standard InChI is InChI=1S/C25H26N2O5S/c1-4-32-25(29)21-11-10-18(2)23(16-21)26-24(28)20-12-14-22(15-13-20)27(33(3,30)31)17-19-8-6-5-7-9-19/h5-16H,4,17H2,1-3H3,(H,26,28). The van der Waals surface area contributed by atoms with Gasteiger partial charge in [0, 0.05) is 11.3 Å². The number of esters is 1. The van der Waals surface area contributed by atoms with Gasteiger partial charge < -0.3 is 10.1 Å². The molecule has 0 unspecified atom stereocenters. The van der Waals surface area contributed by atoms with Crippen molar-refractivity contribution in [2.24, 2.45) is 0 Å². The Morgan fingerprint density at radius 2 is 1.58 bits per heavy atom. The molecule has 172 valence electrons. The Hall–Kier alpha value is -3.65. The number of nitrogens with one attached hydrogen (secondary N) is 1. The summed E-state index contributed by atoms with van der Waals surface area (Å²) in [5, 5.41) is 2.80. The summed E-state index contributed by atoms with van der Waals surface area (Å²) >= 11 is 0. The van der Waals surface area contributed by atoms with Gasteiger partial charge in [-0.3, -0.25) is 9.10 Å². The third-order valence-electron chi connectivity index (χ3n) is 4.98. The zero-order valence-corrected chi connectivity index (χ0v) is 19.6. The van der Waals surface area contributed by atoms with Crippen LogP contribution in [0.25, 0.3) is 0 Å². The van der Waals surface area contributed by atoms with Crippen LogP contribution < -0.4 is 9.62 Å². The molecule has 3 aromatic rings. The minimum Gasteiger partial charge on any atom is -0.462 e. The smallest absolute Gasteiger partial charge is 0.338 e. The molecular formula is C25H26N2O5S. The first kappa shape index (κ1) is 24.0. The van der Waals surface area contributed by atoms with E-state index in [0.29, 0.717) is 22.5 Å². The van der Waals surface area contributed by atoms with Crippen LogP contribution in [0.1, 0.15) is 38.8 Å². The fourth-order valence-electron chi connectivity index (χ4n) is 3.22. The highest BCUT2D eigenvalue weighted by molar-refractivity contribution is 7.92. The third-order valence-corrected chi connectivity index (χ3v) is 6.12. The summed E-state index contributed by atoms with van der Waals surface area (Å²) < 4.78 is 31.1. The number of carbonyl (C=O) groups is 2. The van der Waals surface area contributed by atoms with Crippen molar-refractivity contribution >= 4 is 33.3 Å². The van der Waals surface area contributed by atoms with E-state index in [9.17, 15) is 18.0 Å². The lowest BCUT2D eigenvalue weighted by Crippen LogP contribution is -2.29. The Kier molecular flexibility index (Phi) is 7.50. The molecule has 0 aromatic heterocycles. The highest BCUT2D eigenvalue weighted by Gasteiger charge is 2.19. The number of nitrogens with zero attached hydrogens (tertiary/aromatic N) is 1. The van der Waals surface area contributed by atoms with Crippen molar-refractivity contribution < 1.29 is 22.7 Å². The molecule has 33 heavy (non-hydrogen) atoms. The van der Waals surface area contributed by atoms with Crippen LogP contribution in [0.15, 0.2) is 72.8 Å². The SMILES string of the molecule is CCOC(=O)c1ccc(C)c(NC(=O)c2ccc(N(Cc3ccccc3)S(C)(=O)=O)cc2)c1. The van der Waals surface area contributed by atoms with Gasteiger partial charge >= 0.3 is 5.97 Å². The van der Waals surface area contributed by atoms with Crippen LogP contribution in [0, 0.1) is 6.92 Å². The van der Waals surface area contributed by atoms with Crippen molar-refractivity contribution in [2.75, 3.05) is 22.5 Å². The van der Waals surface area contributed by atoms with E-state index in [-0.39, 0.29) is 19.1 Å². The summed E-state index contributed by atoms with van der Waals surface area (Å²) in [6.45, 7) is 3.99. The first-order chi connectivity index (χ1) is 15.7. The molecule has 1 N–H and O–H groups in total. The summed E-state index contributed by atoms with van der Waals surface area (Å²) in [6.07, 6.45) is 1.15. The Labute approximate surface area is 194 Å². The van der Waals surface area contributed by atoms with Crippen molar-refractivity contribution in [3.63, 3.8) is 0 Å². The Bertz CT molecular complexity index is 1240. The number of hydrogen-bond donors (Lipinski definition) is 1. The Morgan fingerprint density at radius 3 is 2.18 bits per heavy atom. The fourth-order valence-corrected chi connectivity index (χ4v) is 4.11. The fraction of sp³-hybridized carbons (Fsp3) is 0.200. The zero-order chi connectivity index (χ0) is 24.0. The van der Waals surface area contributed by atoms with Crippen LogP contribution in [0.5, 0.6) is 0 Å². The first-order valence-corrected chi connectivity index (χ1v) is 12.2. The second kappa shape index (κ2) is 10.3. The second-order valence-electron chi connectivity index (χ2n) is 7.51. The predicted molar refractivity (Wildman–Crippen MR) is 129 cm³/mol. The van der Waals surface area contributed by atoms with Gasteiger partial charge in [0.1, 0.15) is 0 Å². The van der Waals surface area contributed by atoms with Crippen LogP contribution in [0.2, 0.25) is 0 Å². The molecule has 7 nitrogen and oxygen atoms in total. The summed E-state index contributed by atoms with van der Waals surface area (Å²) in [5.41, 5.74) is 3.29. The van der Waals surface area contributed by atoms with Crippen molar-refractivity contribution in [3.05, 3.63) is 95.1 Å². The maximum atomic E-state index is 12.8. The molecule has 0 saturated heterocycles. The van der Waals surface area contributed by atoms with Crippen molar-refractivity contribution in [1.82, 2.24) is 0 Å². The molecule has 3 aromatic carbocycles. The molecule has 0 heterocycles. The van der Waals surface area contributed by atoms with Gasteiger partial charge in [0.2, 0.25) is 10.0 Å². The van der Waals surface area contributed by atoms with Crippen molar-refractivity contribution in [3.8, 4) is 0 Å². The second-order valence-corrected chi connectivity index (χ2v) is 9.41. The van der Waals surface area contributed by atoms with Crippen molar-refractivity contribution in [2.45, 2.75) is 20.4 Å². The van der Waals surface area contributed by atoms with Crippen LogP contribution in [0.3, 0.4) is 0 Å². The molecule has 8 heteroatoms. The van der Waals surface area contributed by atoms with Gasteiger partial charge in [-0.1, -0.05) is 36.4 Å². The number of hydrogen-bond acceptors (Lipinski definition) is 5. The average molecular weight is 467 g/mol. The minimum absolute atomic E-state index is 0.186. The number of anilines is 2. The molecule has 0 fully saturated rings. The number of amides is 1. The maximum absolute atomic E-state index is 12.8. The highest BCUT2D eigenvalue weighted by Crippen LogP contribution is 2.23. The topological polar surface area (TPSA) is 92.8 Å². The number of benzene rings is 3. The molecular weight excluding hydrogens is 440 g/mol. The van der Waals surface area contributed by atoms with E-state index in [0.717, 1.165) is 17.4 Å². The summed E-state index contributed by atoms with van der Waals surface area (Å²) in [7, 11) is -3.53.